The molecule has 0 heterocycles. The van der Waals surface area contributed by atoms with Gasteiger partial charge in [0, 0.05) is 6.07 Å². The van der Waals surface area contributed by atoms with E-state index in [2.05, 4.69) is 5.32 Å². The first-order chi connectivity index (χ1) is 13.5. The molecule has 0 aliphatic carbocycles. The summed E-state index contributed by atoms with van der Waals surface area (Å²) in [5, 5.41) is 13.9. The van der Waals surface area contributed by atoms with Crippen molar-refractivity contribution in [3.8, 4) is 23.0 Å². The predicted octanol–water partition coefficient (Wildman–Crippen LogP) is 2.82. The molecule has 0 aliphatic rings. The highest BCUT2D eigenvalue weighted by molar-refractivity contribution is 5.99. The van der Waals surface area contributed by atoms with Crippen LogP contribution in [0.5, 0.6) is 23.0 Å². The molecule has 2 rings (SSSR count). The van der Waals surface area contributed by atoms with Gasteiger partial charge in [0.05, 0.1) is 38.4 Å². The molecule has 0 aromatic heterocycles. The van der Waals surface area contributed by atoms with E-state index in [9.17, 15) is 14.9 Å². The molecule has 0 atom stereocenters. The van der Waals surface area contributed by atoms with Gasteiger partial charge in [0.25, 0.3) is 11.6 Å². The molecule has 28 heavy (non-hydrogen) atoms. The molecule has 0 saturated heterocycles. The summed E-state index contributed by atoms with van der Waals surface area (Å²) in [4.78, 5) is 23.0. The van der Waals surface area contributed by atoms with Crippen LogP contribution in [-0.2, 0) is 0 Å². The lowest BCUT2D eigenvalue weighted by molar-refractivity contribution is -0.385. The van der Waals surface area contributed by atoms with Crippen molar-refractivity contribution in [1.82, 2.24) is 5.32 Å². The van der Waals surface area contributed by atoms with Crippen LogP contribution in [0.25, 0.3) is 0 Å². The van der Waals surface area contributed by atoms with Crippen molar-refractivity contribution >= 4 is 11.6 Å². The Balaban J connectivity index is 1.97. The zero-order valence-electron chi connectivity index (χ0n) is 15.9. The number of ether oxygens (including phenoxy) is 4. The van der Waals surface area contributed by atoms with Crippen LogP contribution in [0.15, 0.2) is 36.4 Å². The van der Waals surface area contributed by atoms with E-state index in [0.717, 1.165) is 11.8 Å². The standard InChI is InChI=1S/C19H22N2O7/c1-4-27-13-5-7-14(8-6-13)28-10-9-20-19(22)15-11-17(25-2)18(26-3)12-16(15)21(23)24/h5-8,11-12H,4,9-10H2,1-3H3,(H,20,22). The molecule has 0 aliphatic heterocycles. The fourth-order valence-electron chi connectivity index (χ4n) is 2.43. The van der Waals surface area contributed by atoms with Crippen molar-refractivity contribution in [2.24, 2.45) is 0 Å². The highest BCUT2D eigenvalue weighted by Crippen LogP contribution is 2.34. The maximum atomic E-state index is 12.4. The van der Waals surface area contributed by atoms with Crippen molar-refractivity contribution in [3.63, 3.8) is 0 Å². The van der Waals surface area contributed by atoms with Crippen LogP contribution in [-0.4, -0.2) is 44.8 Å². The Hall–Kier alpha value is -3.49. The van der Waals surface area contributed by atoms with Crippen molar-refractivity contribution in [2.45, 2.75) is 6.92 Å². The van der Waals surface area contributed by atoms with Gasteiger partial charge in [0.1, 0.15) is 23.7 Å². The van der Waals surface area contributed by atoms with E-state index in [1.807, 2.05) is 6.92 Å². The molecule has 2 aromatic rings. The fraction of sp³-hybridized carbons (Fsp3) is 0.316. The average molecular weight is 390 g/mol. The molecule has 150 valence electrons. The second kappa shape index (κ2) is 10.0. The van der Waals surface area contributed by atoms with Gasteiger partial charge in [-0.2, -0.15) is 0 Å². The summed E-state index contributed by atoms with van der Waals surface area (Å²) >= 11 is 0. The molecule has 1 N–H and O–H groups in total. The zero-order valence-corrected chi connectivity index (χ0v) is 15.9. The van der Waals surface area contributed by atoms with E-state index in [-0.39, 0.29) is 35.9 Å². The number of rotatable bonds is 10. The second-order valence-electron chi connectivity index (χ2n) is 5.49. The third kappa shape index (κ3) is 5.26. The Morgan fingerprint density at radius 2 is 1.61 bits per heavy atom. The van der Waals surface area contributed by atoms with Gasteiger partial charge in [-0.3, -0.25) is 14.9 Å². The molecule has 0 fully saturated rings. The lowest BCUT2D eigenvalue weighted by Crippen LogP contribution is -2.28. The number of carbonyl (C=O) groups is 1. The van der Waals surface area contributed by atoms with E-state index >= 15 is 0 Å². The summed E-state index contributed by atoms with van der Waals surface area (Å²) in [6, 6.07) is 9.51. The van der Waals surface area contributed by atoms with Crippen molar-refractivity contribution < 1.29 is 28.7 Å². The minimum Gasteiger partial charge on any atom is -0.494 e. The van der Waals surface area contributed by atoms with Gasteiger partial charge in [-0.1, -0.05) is 0 Å². The molecule has 0 saturated carbocycles. The van der Waals surface area contributed by atoms with Gasteiger partial charge in [-0.15, -0.1) is 0 Å². The average Bonchev–Trinajstić information content (AvgIpc) is 2.71. The molecular weight excluding hydrogens is 368 g/mol. The first-order valence-corrected chi connectivity index (χ1v) is 8.54. The van der Waals surface area contributed by atoms with Crippen molar-refractivity contribution in [3.05, 3.63) is 52.1 Å². The number of carbonyl (C=O) groups excluding carboxylic acids is 1. The lowest BCUT2D eigenvalue weighted by Gasteiger charge is -2.11. The predicted molar refractivity (Wildman–Crippen MR) is 102 cm³/mol. The van der Waals surface area contributed by atoms with Gasteiger partial charge < -0.3 is 24.3 Å². The highest BCUT2D eigenvalue weighted by atomic mass is 16.6. The monoisotopic (exact) mass is 390 g/mol. The number of nitrogens with one attached hydrogen (secondary N) is 1. The third-order valence-corrected chi connectivity index (χ3v) is 3.73. The molecule has 0 unspecified atom stereocenters. The van der Waals surface area contributed by atoms with Gasteiger partial charge in [0.2, 0.25) is 0 Å². The highest BCUT2D eigenvalue weighted by Gasteiger charge is 2.24. The second-order valence-corrected chi connectivity index (χ2v) is 5.49. The molecule has 0 spiro atoms. The summed E-state index contributed by atoms with van der Waals surface area (Å²) in [7, 11) is 2.75. The minimum absolute atomic E-state index is 0.122. The lowest BCUT2D eigenvalue weighted by atomic mass is 10.1. The van der Waals surface area contributed by atoms with Crippen LogP contribution in [0, 0.1) is 10.1 Å². The number of benzene rings is 2. The van der Waals surface area contributed by atoms with Crippen LogP contribution in [0.2, 0.25) is 0 Å². The number of hydrogen-bond donors (Lipinski definition) is 1. The fourth-order valence-corrected chi connectivity index (χ4v) is 2.43. The first kappa shape index (κ1) is 20.8. The number of nitrogens with zero attached hydrogens (tertiary/aromatic N) is 1. The SMILES string of the molecule is CCOc1ccc(OCCNC(=O)c2cc(OC)c(OC)cc2[N+](=O)[O-])cc1. The molecule has 0 radical (unpaired) electrons. The topological polar surface area (TPSA) is 109 Å². The number of nitro benzene ring substituents is 1. The van der Waals surface area contributed by atoms with E-state index in [0.29, 0.717) is 12.4 Å². The summed E-state index contributed by atoms with van der Waals surface area (Å²) in [6.45, 7) is 2.84. The van der Waals surface area contributed by atoms with E-state index in [1.165, 1.54) is 20.3 Å². The Bertz CT molecular complexity index is 822. The molecule has 9 nitrogen and oxygen atoms in total. The maximum absolute atomic E-state index is 12.4. The Morgan fingerprint density at radius 1 is 1.04 bits per heavy atom. The summed E-state index contributed by atoms with van der Waals surface area (Å²) < 4.78 is 21.0. The van der Waals surface area contributed by atoms with Crippen molar-refractivity contribution in [2.75, 3.05) is 34.0 Å². The van der Waals surface area contributed by atoms with Crippen LogP contribution < -0.4 is 24.3 Å². The van der Waals surface area contributed by atoms with Gasteiger partial charge in [-0.05, 0) is 31.2 Å². The summed E-state index contributed by atoms with van der Waals surface area (Å²) in [6.07, 6.45) is 0. The first-order valence-electron chi connectivity index (χ1n) is 8.54. The molecule has 1 amide bonds. The quantitative estimate of drug-likeness (QED) is 0.377. The number of hydrogen-bond acceptors (Lipinski definition) is 7. The van der Waals surface area contributed by atoms with E-state index < -0.39 is 10.8 Å². The maximum Gasteiger partial charge on any atom is 0.286 e. The number of methoxy groups -OCH3 is 2. The molecular formula is C19H22N2O7. The van der Waals surface area contributed by atoms with Crippen LogP contribution >= 0.6 is 0 Å². The Kier molecular flexibility index (Phi) is 7.44. The van der Waals surface area contributed by atoms with Gasteiger partial charge >= 0.3 is 0 Å². The molecule has 9 heteroatoms. The number of amides is 1. The summed E-state index contributed by atoms with van der Waals surface area (Å²) in [5.74, 6) is 1.15. The Labute approximate surface area is 162 Å². The minimum atomic E-state index is -0.646. The van der Waals surface area contributed by atoms with Crippen LogP contribution in [0.4, 0.5) is 5.69 Å². The summed E-state index contributed by atoms with van der Waals surface area (Å²) in [5.41, 5.74) is -0.494. The third-order valence-electron chi connectivity index (χ3n) is 3.73. The zero-order chi connectivity index (χ0) is 20.5. The van der Waals surface area contributed by atoms with Gasteiger partial charge in [0.15, 0.2) is 11.5 Å². The number of nitro groups is 1. The van der Waals surface area contributed by atoms with E-state index in [4.69, 9.17) is 18.9 Å². The van der Waals surface area contributed by atoms with E-state index in [1.54, 1.807) is 24.3 Å². The largest absolute Gasteiger partial charge is 0.494 e. The Morgan fingerprint density at radius 3 is 2.14 bits per heavy atom. The van der Waals surface area contributed by atoms with Crippen LogP contribution in [0.3, 0.4) is 0 Å². The normalized spacial score (nSPS) is 10.1. The van der Waals surface area contributed by atoms with Crippen LogP contribution in [0.1, 0.15) is 17.3 Å². The van der Waals surface area contributed by atoms with Gasteiger partial charge in [-0.25, -0.2) is 0 Å². The molecule has 0 bridgehead atoms. The smallest absolute Gasteiger partial charge is 0.286 e. The van der Waals surface area contributed by atoms with Crippen molar-refractivity contribution in [1.29, 1.82) is 0 Å². The molecule has 2 aromatic carbocycles.